The van der Waals surface area contributed by atoms with E-state index in [1.54, 1.807) is 6.07 Å². The second kappa shape index (κ2) is 10.2. The molecule has 0 bridgehead atoms. The van der Waals surface area contributed by atoms with Crippen LogP contribution in [0.1, 0.15) is 66.3 Å². The fraction of sp³-hybridized carbons (Fsp3) is 0.333. The molecule has 3 heterocycles. The maximum Gasteiger partial charge on any atom is 0.495 e. The van der Waals surface area contributed by atoms with Crippen LogP contribution < -0.4 is 21.0 Å². The van der Waals surface area contributed by atoms with Crippen LogP contribution in [0.3, 0.4) is 0 Å². The second-order valence-corrected chi connectivity index (χ2v) is 12.4. The van der Waals surface area contributed by atoms with Crippen LogP contribution in [-0.2, 0) is 21.9 Å². The summed E-state index contributed by atoms with van der Waals surface area (Å²) in [7, 11) is -0.928. The van der Waals surface area contributed by atoms with E-state index >= 15 is 0 Å². The van der Waals surface area contributed by atoms with Gasteiger partial charge in [0.15, 0.2) is 0 Å². The average Bonchev–Trinajstić information content (AvgIpc) is 3.45. The van der Waals surface area contributed by atoms with Crippen LogP contribution in [0.2, 0.25) is 5.02 Å². The first-order valence-electron chi connectivity index (χ1n) is 13.7. The second-order valence-electron chi connectivity index (χ2n) is 12.0. The quantitative estimate of drug-likeness (QED) is 0.259. The summed E-state index contributed by atoms with van der Waals surface area (Å²) >= 11 is 6.46. The predicted octanol–water partition coefficient (Wildman–Crippen LogP) is 6.36. The summed E-state index contributed by atoms with van der Waals surface area (Å²) in [6.07, 6.45) is -4.50. The van der Waals surface area contributed by atoms with Crippen molar-refractivity contribution in [2.24, 2.45) is 0 Å². The van der Waals surface area contributed by atoms with Crippen LogP contribution in [0, 0.1) is 11.6 Å². The summed E-state index contributed by atoms with van der Waals surface area (Å²) in [5, 5.41) is 5.56. The van der Waals surface area contributed by atoms with Crippen molar-refractivity contribution in [2.45, 2.75) is 57.5 Å². The lowest BCUT2D eigenvalue weighted by molar-refractivity contribution is -0.137. The molecule has 230 valence electrons. The zero-order valence-corrected chi connectivity index (χ0v) is 24.7. The number of hydrogen-bond donors (Lipinski definition) is 2. The highest BCUT2D eigenvalue weighted by Crippen LogP contribution is 2.47. The standard InChI is InChI=1S/C30H26BClF5N3O4/c1-28(2)29(3,4)44-31(43-28)20-13-22(38-26(41)14-9-15(30(35,36)37)11-17(34)10-14)23-24(19-12-16(33)5-6-21(19)32)39-27(42)40-8-7-18(20)25(23)40/h5-6,9-13,24H,7-8H2,1-4H3,(H,38,41)(H,39,42). The number of alkyl halides is 3. The number of amides is 3. The van der Waals surface area contributed by atoms with Gasteiger partial charge in [0.2, 0.25) is 0 Å². The first-order chi connectivity index (χ1) is 20.5. The molecule has 3 aliphatic rings. The number of rotatable bonds is 4. The topological polar surface area (TPSA) is 79.9 Å². The van der Waals surface area contributed by atoms with Gasteiger partial charge >= 0.3 is 19.3 Å². The molecule has 44 heavy (non-hydrogen) atoms. The SMILES string of the molecule is CC1(C)OB(c2cc(NC(=O)c3cc(F)cc(C(F)(F)F)c3)c3c4c2CCN4C(=O)NC3c2cc(F)ccc2Cl)OC1(C)C. The van der Waals surface area contributed by atoms with Gasteiger partial charge in [0.1, 0.15) is 11.6 Å². The molecule has 2 N–H and O–H groups in total. The van der Waals surface area contributed by atoms with Gasteiger partial charge in [0.05, 0.1) is 28.5 Å². The largest absolute Gasteiger partial charge is 0.495 e. The molecule has 0 saturated carbocycles. The van der Waals surface area contributed by atoms with Gasteiger partial charge in [-0.05, 0) is 87.6 Å². The Labute approximate surface area is 254 Å². The van der Waals surface area contributed by atoms with E-state index in [-0.39, 0.29) is 22.8 Å². The Balaban J connectivity index is 1.55. The van der Waals surface area contributed by atoms with E-state index in [4.69, 9.17) is 20.9 Å². The molecule has 3 aromatic carbocycles. The first kappa shape index (κ1) is 30.4. The third-order valence-electron chi connectivity index (χ3n) is 8.65. The third-order valence-corrected chi connectivity index (χ3v) is 8.99. The summed E-state index contributed by atoms with van der Waals surface area (Å²) in [6.45, 7) is 7.70. The minimum Gasteiger partial charge on any atom is -0.399 e. The number of carbonyl (C=O) groups excluding carboxylic acids is 2. The van der Waals surface area contributed by atoms with E-state index in [2.05, 4.69) is 10.6 Å². The van der Waals surface area contributed by atoms with E-state index in [0.717, 1.165) is 12.1 Å². The number of halogens is 6. The minimum absolute atomic E-state index is 0.0634. The molecule has 3 amide bonds. The molecule has 6 rings (SSSR count). The van der Waals surface area contributed by atoms with Crippen molar-refractivity contribution in [3.63, 3.8) is 0 Å². The van der Waals surface area contributed by atoms with Crippen molar-refractivity contribution in [1.29, 1.82) is 0 Å². The average molecular weight is 634 g/mol. The molecular formula is C30H26BClF5N3O4. The molecular weight excluding hydrogens is 608 g/mol. The fourth-order valence-corrected chi connectivity index (χ4v) is 5.98. The number of hydrogen-bond acceptors (Lipinski definition) is 4. The normalized spacial score (nSPS) is 20.0. The highest BCUT2D eigenvalue weighted by molar-refractivity contribution is 6.63. The van der Waals surface area contributed by atoms with Gasteiger partial charge in [-0.3, -0.25) is 9.69 Å². The Kier molecular flexibility index (Phi) is 7.02. The molecule has 1 fully saturated rings. The van der Waals surface area contributed by atoms with Gasteiger partial charge in [-0.25, -0.2) is 13.6 Å². The van der Waals surface area contributed by atoms with Gasteiger partial charge in [0, 0.05) is 33.9 Å². The van der Waals surface area contributed by atoms with Crippen molar-refractivity contribution in [3.8, 4) is 0 Å². The summed E-state index contributed by atoms with van der Waals surface area (Å²) in [5.74, 6) is -2.92. The third kappa shape index (κ3) is 5.00. The smallest absolute Gasteiger partial charge is 0.399 e. The Morgan fingerprint density at radius 3 is 2.39 bits per heavy atom. The number of urea groups is 1. The van der Waals surface area contributed by atoms with Crippen molar-refractivity contribution in [2.75, 3.05) is 16.8 Å². The molecule has 3 aliphatic heterocycles. The van der Waals surface area contributed by atoms with Gasteiger partial charge in [0.25, 0.3) is 5.91 Å². The number of benzene rings is 3. The van der Waals surface area contributed by atoms with Gasteiger partial charge in [-0.2, -0.15) is 13.2 Å². The lowest BCUT2D eigenvalue weighted by Gasteiger charge is -2.35. The van der Waals surface area contributed by atoms with E-state index in [1.165, 1.54) is 11.0 Å². The van der Waals surface area contributed by atoms with Crippen molar-refractivity contribution >= 4 is 47.5 Å². The summed E-state index contributed by atoms with van der Waals surface area (Å²) in [6, 6.07) is 5.17. The van der Waals surface area contributed by atoms with Crippen LogP contribution in [0.15, 0.2) is 42.5 Å². The summed E-state index contributed by atoms with van der Waals surface area (Å²) < 4.78 is 81.6. The summed E-state index contributed by atoms with van der Waals surface area (Å²) in [5.41, 5.74) is -1.23. The number of anilines is 2. The Hall–Kier alpha value is -3.68. The van der Waals surface area contributed by atoms with Crippen LogP contribution >= 0.6 is 11.6 Å². The molecule has 0 aromatic heterocycles. The molecule has 0 spiro atoms. The minimum atomic E-state index is -4.90. The van der Waals surface area contributed by atoms with Crippen molar-refractivity contribution in [1.82, 2.24) is 5.32 Å². The summed E-state index contributed by atoms with van der Waals surface area (Å²) in [4.78, 5) is 28.3. The molecule has 0 radical (unpaired) electrons. The highest BCUT2D eigenvalue weighted by Gasteiger charge is 2.53. The molecule has 14 heteroatoms. The molecule has 1 saturated heterocycles. The Bertz CT molecular complexity index is 1720. The van der Waals surface area contributed by atoms with Crippen LogP contribution in [0.4, 0.5) is 38.1 Å². The molecule has 0 aliphatic carbocycles. The van der Waals surface area contributed by atoms with Gasteiger partial charge < -0.3 is 19.9 Å². The fourth-order valence-electron chi connectivity index (χ4n) is 5.75. The zero-order valence-electron chi connectivity index (χ0n) is 24.0. The lowest BCUT2D eigenvalue weighted by Crippen LogP contribution is -2.47. The number of nitrogens with zero attached hydrogens (tertiary/aromatic N) is 1. The lowest BCUT2D eigenvalue weighted by atomic mass is 9.73. The Morgan fingerprint density at radius 1 is 1.05 bits per heavy atom. The Morgan fingerprint density at radius 2 is 1.73 bits per heavy atom. The molecule has 7 nitrogen and oxygen atoms in total. The highest BCUT2D eigenvalue weighted by atomic mass is 35.5. The maximum absolute atomic E-state index is 14.4. The van der Waals surface area contributed by atoms with Crippen molar-refractivity contribution < 1.29 is 40.8 Å². The van der Waals surface area contributed by atoms with E-state index in [9.17, 15) is 31.5 Å². The van der Waals surface area contributed by atoms with Gasteiger partial charge in [-0.15, -0.1) is 0 Å². The number of nitrogens with one attached hydrogen (secondary N) is 2. The molecule has 1 atom stereocenters. The maximum atomic E-state index is 14.4. The molecule has 1 unspecified atom stereocenters. The van der Waals surface area contributed by atoms with E-state index in [1.807, 2.05) is 27.7 Å². The van der Waals surface area contributed by atoms with Crippen LogP contribution in [0.5, 0.6) is 0 Å². The monoisotopic (exact) mass is 633 g/mol. The number of carbonyl (C=O) groups is 2. The van der Waals surface area contributed by atoms with Crippen LogP contribution in [0.25, 0.3) is 0 Å². The van der Waals surface area contributed by atoms with Crippen LogP contribution in [-0.4, -0.2) is 36.8 Å². The zero-order chi connectivity index (χ0) is 31.9. The molecule has 3 aromatic rings. The van der Waals surface area contributed by atoms with Crippen molar-refractivity contribution in [3.05, 3.63) is 86.9 Å². The van der Waals surface area contributed by atoms with E-state index in [0.29, 0.717) is 46.9 Å². The predicted molar refractivity (Wildman–Crippen MR) is 154 cm³/mol. The van der Waals surface area contributed by atoms with Gasteiger partial charge in [-0.1, -0.05) is 11.6 Å². The first-order valence-corrected chi connectivity index (χ1v) is 14.1. The van der Waals surface area contributed by atoms with E-state index < -0.39 is 65.2 Å².